The molecule has 0 radical (unpaired) electrons. The lowest BCUT2D eigenvalue weighted by molar-refractivity contribution is -0.138. The van der Waals surface area contributed by atoms with E-state index in [1.54, 1.807) is 0 Å². The highest BCUT2D eigenvalue weighted by Crippen LogP contribution is 2.33. The molecule has 1 heterocycles. The lowest BCUT2D eigenvalue weighted by Crippen LogP contribution is -2.53. The second kappa shape index (κ2) is 4.74. The summed E-state index contributed by atoms with van der Waals surface area (Å²) in [5.74, 6) is 1.74. The standard InChI is InChI=1S/C13H24N2O/c1-9-5-6-11(8-10(9)2)15-7-3-4-12(14)13(15)16/h9-12H,3-8,14H2,1-2H3. The molecule has 1 saturated carbocycles. The monoisotopic (exact) mass is 224 g/mol. The van der Waals surface area contributed by atoms with Crippen molar-refractivity contribution in [1.82, 2.24) is 4.90 Å². The number of hydrogen-bond donors (Lipinski definition) is 1. The van der Waals surface area contributed by atoms with Crippen molar-refractivity contribution in [2.45, 2.75) is 58.0 Å². The van der Waals surface area contributed by atoms with Crippen LogP contribution in [0.4, 0.5) is 0 Å². The molecule has 0 aromatic rings. The number of amides is 1. The van der Waals surface area contributed by atoms with Gasteiger partial charge in [0.25, 0.3) is 0 Å². The Morgan fingerprint density at radius 2 is 1.94 bits per heavy atom. The van der Waals surface area contributed by atoms with Gasteiger partial charge in [0, 0.05) is 12.6 Å². The molecule has 1 amide bonds. The third-order valence-corrected chi connectivity index (χ3v) is 4.53. The van der Waals surface area contributed by atoms with Gasteiger partial charge in [-0.2, -0.15) is 0 Å². The summed E-state index contributed by atoms with van der Waals surface area (Å²) in [5, 5.41) is 0. The fourth-order valence-electron chi connectivity index (χ4n) is 3.09. The first-order valence-corrected chi connectivity index (χ1v) is 6.65. The van der Waals surface area contributed by atoms with Gasteiger partial charge in [-0.3, -0.25) is 4.79 Å². The predicted molar refractivity (Wildman–Crippen MR) is 64.9 cm³/mol. The first-order valence-electron chi connectivity index (χ1n) is 6.65. The van der Waals surface area contributed by atoms with Crippen LogP contribution >= 0.6 is 0 Å². The molecule has 0 spiro atoms. The minimum atomic E-state index is -0.233. The summed E-state index contributed by atoms with van der Waals surface area (Å²) in [6.07, 6.45) is 5.54. The van der Waals surface area contributed by atoms with Gasteiger partial charge in [-0.25, -0.2) is 0 Å². The number of nitrogens with two attached hydrogens (primary N) is 1. The molecular formula is C13H24N2O. The number of nitrogens with zero attached hydrogens (tertiary/aromatic N) is 1. The largest absolute Gasteiger partial charge is 0.338 e. The van der Waals surface area contributed by atoms with E-state index < -0.39 is 0 Å². The van der Waals surface area contributed by atoms with Crippen LogP contribution in [-0.2, 0) is 4.79 Å². The molecule has 1 aliphatic carbocycles. The highest BCUT2D eigenvalue weighted by atomic mass is 16.2. The molecule has 4 atom stereocenters. The minimum Gasteiger partial charge on any atom is -0.338 e. The van der Waals surface area contributed by atoms with Gasteiger partial charge in [0.1, 0.15) is 0 Å². The molecule has 2 N–H and O–H groups in total. The summed E-state index contributed by atoms with van der Waals surface area (Å²) < 4.78 is 0. The Balaban J connectivity index is 1.99. The minimum absolute atomic E-state index is 0.193. The molecule has 0 aromatic heterocycles. The number of carbonyl (C=O) groups excluding carboxylic acids is 1. The first-order chi connectivity index (χ1) is 7.59. The zero-order valence-electron chi connectivity index (χ0n) is 10.5. The van der Waals surface area contributed by atoms with Crippen LogP contribution in [0.25, 0.3) is 0 Å². The summed E-state index contributed by atoms with van der Waals surface area (Å²) in [7, 11) is 0. The molecule has 4 unspecified atom stereocenters. The highest BCUT2D eigenvalue weighted by Gasteiger charge is 2.34. The van der Waals surface area contributed by atoms with E-state index in [1.165, 1.54) is 19.3 Å². The van der Waals surface area contributed by atoms with Crippen LogP contribution in [0, 0.1) is 11.8 Å². The number of rotatable bonds is 1. The Labute approximate surface area is 98.4 Å². The van der Waals surface area contributed by atoms with E-state index >= 15 is 0 Å². The average Bonchev–Trinajstić information content (AvgIpc) is 2.26. The maximum absolute atomic E-state index is 12.0. The Bertz CT molecular complexity index is 267. The summed E-state index contributed by atoms with van der Waals surface area (Å²) in [5.41, 5.74) is 5.85. The van der Waals surface area contributed by atoms with Gasteiger partial charge < -0.3 is 10.6 Å². The highest BCUT2D eigenvalue weighted by molar-refractivity contribution is 5.82. The number of likely N-dealkylation sites (tertiary alicyclic amines) is 1. The predicted octanol–water partition coefficient (Wildman–Crippen LogP) is 1.76. The number of piperidine rings is 1. The molecular weight excluding hydrogens is 200 g/mol. The SMILES string of the molecule is CC1CCC(N2CCCC(N)C2=O)CC1C. The van der Waals surface area contributed by atoms with E-state index in [2.05, 4.69) is 18.7 Å². The van der Waals surface area contributed by atoms with Crippen LogP contribution in [0.2, 0.25) is 0 Å². The summed E-state index contributed by atoms with van der Waals surface area (Å²) >= 11 is 0. The fraction of sp³-hybridized carbons (Fsp3) is 0.923. The summed E-state index contributed by atoms with van der Waals surface area (Å²) in [4.78, 5) is 14.1. The Kier molecular flexibility index (Phi) is 3.53. The number of hydrogen-bond acceptors (Lipinski definition) is 2. The molecule has 0 bridgehead atoms. The van der Waals surface area contributed by atoms with Gasteiger partial charge in [-0.05, 0) is 43.9 Å². The maximum Gasteiger partial charge on any atom is 0.239 e. The first kappa shape index (κ1) is 11.9. The molecule has 2 fully saturated rings. The third kappa shape index (κ3) is 2.24. The third-order valence-electron chi connectivity index (χ3n) is 4.53. The van der Waals surface area contributed by atoms with Crippen LogP contribution in [0.1, 0.15) is 46.0 Å². The van der Waals surface area contributed by atoms with Gasteiger partial charge in [0.15, 0.2) is 0 Å². The molecule has 2 aliphatic rings. The van der Waals surface area contributed by atoms with Crippen molar-refractivity contribution in [2.75, 3.05) is 6.54 Å². The van der Waals surface area contributed by atoms with E-state index in [9.17, 15) is 4.79 Å². The second-order valence-electron chi connectivity index (χ2n) is 5.70. The number of carbonyl (C=O) groups is 1. The second-order valence-corrected chi connectivity index (χ2v) is 5.70. The van der Waals surface area contributed by atoms with Crippen molar-refractivity contribution < 1.29 is 4.79 Å². The van der Waals surface area contributed by atoms with Crippen molar-refractivity contribution in [3.8, 4) is 0 Å². The topological polar surface area (TPSA) is 46.3 Å². The van der Waals surface area contributed by atoms with Gasteiger partial charge in [0.2, 0.25) is 5.91 Å². The van der Waals surface area contributed by atoms with E-state index in [1.807, 2.05) is 0 Å². The molecule has 16 heavy (non-hydrogen) atoms. The van der Waals surface area contributed by atoms with E-state index in [0.717, 1.165) is 31.2 Å². The van der Waals surface area contributed by atoms with Crippen LogP contribution in [-0.4, -0.2) is 29.4 Å². The molecule has 3 nitrogen and oxygen atoms in total. The Hall–Kier alpha value is -0.570. The van der Waals surface area contributed by atoms with Crippen molar-refractivity contribution >= 4 is 5.91 Å². The lowest BCUT2D eigenvalue weighted by atomic mass is 9.78. The van der Waals surface area contributed by atoms with E-state index in [-0.39, 0.29) is 11.9 Å². The van der Waals surface area contributed by atoms with Crippen molar-refractivity contribution in [1.29, 1.82) is 0 Å². The lowest BCUT2D eigenvalue weighted by Gasteiger charge is -2.42. The van der Waals surface area contributed by atoms with E-state index in [4.69, 9.17) is 5.73 Å². The van der Waals surface area contributed by atoms with Gasteiger partial charge in [-0.15, -0.1) is 0 Å². The molecule has 0 aromatic carbocycles. The van der Waals surface area contributed by atoms with Crippen molar-refractivity contribution in [3.05, 3.63) is 0 Å². The smallest absolute Gasteiger partial charge is 0.239 e. The van der Waals surface area contributed by atoms with Crippen molar-refractivity contribution in [2.24, 2.45) is 17.6 Å². The molecule has 92 valence electrons. The molecule has 1 aliphatic heterocycles. The zero-order valence-corrected chi connectivity index (χ0v) is 10.5. The maximum atomic E-state index is 12.0. The van der Waals surface area contributed by atoms with Crippen molar-refractivity contribution in [3.63, 3.8) is 0 Å². The normalized spacial score (nSPS) is 41.2. The fourth-order valence-corrected chi connectivity index (χ4v) is 3.09. The van der Waals surface area contributed by atoms with E-state index in [0.29, 0.717) is 6.04 Å². The zero-order chi connectivity index (χ0) is 11.7. The van der Waals surface area contributed by atoms with Crippen LogP contribution in [0.3, 0.4) is 0 Å². The van der Waals surface area contributed by atoms with Gasteiger partial charge in [-0.1, -0.05) is 13.8 Å². The van der Waals surface area contributed by atoms with Gasteiger partial charge in [0.05, 0.1) is 6.04 Å². The van der Waals surface area contributed by atoms with Gasteiger partial charge >= 0.3 is 0 Å². The Morgan fingerprint density at radius 3 is 2.62 bits per heavy atom. The van der Waals surface area contributed by atoms with Crippen LogP contribution in [0.5, 0.6) is 0 Å². The van der Waals surface area contributed by atoms with Crippen LogP contribution < -0.4 is 5.73 Å². The Morgan fingerprint density at radius 1 is 1.19 bits per heavy atom. The van der Waals surface area contributed by atoms with Crippen LogP contribution in [0.15, 0.2) is 0 Å². The average molecular weight is 224 g/mol. The quantitative estimate of drug-likeness (QED) is 0.737. The summed E-state index contributed by atoms with van der Waals surface area (Å²) in [6.45, 7) is 5.56. The molecule has 2 rings (SSSR count). The molecule has 1 saturated heterocycles. The summed E-state index contributed by atoms with van der Waals surface area (Å²) in [6, 6.07) is 0.230. The molecule has 3 heteroatoms.